The molecule has 4 heteroatoms. The Labute approximate surface area is 122 Å². The highest BCUT2D eigenvalue weighted by Crippen LogP contribution is 2.19. The maximum atomic E-state index is 5.77. The second-order valence-corrected chi connectivity index (χ2v) is 5.58. The molecule has 0 saturated carbocycles. The fourth-order valence-electron chi connectivity index (χ4n) is 2.03. The molecular formula is C16H16N2OS. The lowest BCUT2D eigenvalue weighted by atomic mass is 10.2. The van der Waals surface area contributed by atoms with Crippen LogP contribution < -0.4 is 4.74 Å². The third-order valence-electron chi connectivity index (χ3n) is 3.02. The summed E-state index contributed by atoms with van der Waals surface area (Å²) in [6, 6.07) is 10.0. The maximum absolute atomic E-state index is 5.77. The molecule has 3 rings (SSSR count). The van der Waals surface area contributed by atoms with Crippen LogP contribution in [0.4, 0.5) is 0 Å². The first-order valence-corrected chi connectivity index (χ1v) is 7.64. The van der Waals surface area contributed by atoms with E-state index < -0.39 is 0 Å². The number of para-hydroxylation sites is 1. The zero-order valence-electron chi connectivity index (χ0n) is 11.4. The van der Waals surface area contributed by atoms with Gasteiger partial charge in [-0.2, -0.15) is 0 Å². The SMILES string of the molecule is CCCc1nc(COc2cnc3ccccc3c2)cs1. The Kier molecular flexibility index (Phi) is 3.92. The van der Waals surface area contributed by atoms with Gasteiger partial charge in [0.1, 0.15) is 12.4 Å². The number of fused-ring (bicyclic) bond motifs is 1. The molecule has 0 spiro atoms. The molecule has 0 bridgehead atoms. The number of thiazole rings is 1. The topological polar surface area (TPSA) is 35.0 Å². The molecule has 2 heterocycles. The van der Waals surface area contributed by atoms with Crippen molar-refractivity contribution in [2.45, 2.75) is 26.4 Å². The highest BCUT2D eigenvalue weighted by Gasteiger charge is 2.03. The largest absolute Gasteiger partial charge is 0.486 e. The Bertz CT molecular complexity index is 708. The van der Waals surface area contributed by atoms with Crippen LogP contribution in [0.5, 0.6) is 5.75 Å². The van der Waals surface area contributed by atoms with E-state index in [9.17, 15) is 0 Å². The minimum Gasteiger partial charge on any atom is -0.486 e. The number of aryl methyl sites for hydroxylation is 1. The quantitative estimate of drug-likeness (QED) is 0.703. The monoisotopic (exact) mass is 284 g/mol. The van der Waals surface area contributed by atoms with Gasteiger partial charge in [-0.25, -0.2) is 4.98 Å². The fraction of sp³-hybridized carbons (Fsp3) is 0.250. The molecule has 0 fully saturated rings. The third kappa shape index (κ3) is 2.96. The number of ether oxygens (including phenoxy) is 1. The van der Waals surface area contributed by atoms with E-state index in [0.717, 1.165) is 35.2 Å². The Hall–Kier alpha value is -1.94. The summed E-state index contributed by atoms with van der Waals surface area (Å²) in [5.41, 5.74) is 1.98. The molecule has 0 saturated heterocycles. The zero-order chi connectivity index (χ0) is 13.8. The lowest BCUT2D eigenvalue weighted by molar-refractivity contribution is 0.301. The third-order valence-corrected chi connectivity index (χ3v) is 3.97. The van der Waals surface area contributed by atoms with Crippen LogP contribution in [-0.4, -0.2) is 9.97 Å². The lowest BCUT2D eigenvalue weighted by Crippen LogP contribution is -1.97. The van der Waals surface area contributed by atoms with Crippen molar-refractivity contribution in [1.82, 2.24) is 9.97 Å². The second-order valence-electron chi connectivity index (χ2n) is 4.63. The summed E-state index contributed by atoms with van der Waals surface area (Å²) in [4.78, 5) is 8.94. The van der Waals surface area contributed by atoms with E-state index in [1.165, 1.54) is 5.01 Å². The van der Waals surface area contributed by atoms with E-state index in [1.54, 1.807) is 17.5 Å². The van der Waals surface area contributed by atoms with Gasteiger partial charge < -0.3 is 4.74 Å². The number of hydrogen-bond acceptors (Lipinski definition) is 4. The van der Waals surface area contributed by atoms with E-state index >= 15 is 0 Å². The molecule has 0 unspecified atom stereocenters. The lowest BCUT2D eigenvalue weighted by Gasteiger charge is -2.05. The molecule has 102 valence electrons. The number of benzene rings is 1. The predicted molar refractivity (Wildman–Crippen MR) is 82.2 cm³/mol. The van der Waals surface area contributed by atoms with Crippen molar-refractivity contribution in [2.75, 3.05) is 0 Å². The van der Waals surface area contributed by atoms with Crippen molar-refractivity contribution < 1.29 is 4.74 Å². The number of rotatable bonds is 5. The van der Waals surface area contributed by atoms with E-state index in [1.807, 2.05) is 30.3 Å². The van der Waals surface area contributed by atoms with Crippen LogP contribution in [-0.2, 0) is 13.0 Å². The molecule has 3 aromatic rings. The minimum absolute atomic E-state index is 0.500. The van der Waals surface area contributed by atoms with Gasteiger partial charge in [-0.15, -0.1) is 11.3 Å². The van der Waals surface area contributed by atoms with Gasteiger partial charge in [0, 0.05) is 10.8 Å². The molecule has 0 aliphatic carbocycles. The van der Waals surface area contributed by atoms with Crippen molar-refractivity contribution in [3.63, 3.8) is 0 Å². The van der Waals surface area contributed by atoms with Gasteiger partial charge in [0.25, 0.3) is 0 Å². The van der Waals surface area contributed by atoms with Crippen molar-refractivity contribution >= 4 is 22.2 Å². The summed E-state index contributed by atoms with van der Waals surface area (Å²) in [6.45, 7) is 2.67. The summed E-state index contributed by atoms with van der Waals surface area (Å²) in [6.07, 6.45) is 3.94. The van der Waals surface area contributed by atoms with Crippen molar-refractivity contribution in [3.05, 3.63) is 52.6 Å². The molecule has 0 aliphatic heterocycles. The van der Waals surface area contributed by atoms with Crippen LogP contribution in [0.3, 0.4) is 0 Å². The van der Waals surface area contributed by atoms with E-state index in [4.69, 9.17) is 4.74 Å². The van der Waals surface area contributed by atoms with Crippen LogP contribution in [0.25, 0.3) is 10.9 Å². The first-order chi connectivity index (χ1) is 9.85. The molecule has 3 nitrogen and oxygen atoms in total. The van der Waals surface area contributed by atoms with Gasteiger partial charge in [-0.05, 0) is 25.0 Å². The molecule has 0 amide bonds. The number of aromatic nitrogens is 2. The van der Waals surface area contributed by atoms with Crippen molar-refractivity contribution in [3.8, 4) is 5.75 Å². The van der Waals surface area contributed by atoms with Gasteiger partial charge >= 0.3 is 0 Å². The number of hydrogen-bond donors (Lipinski definition) is 0. The molecular weight excluding hydrogens is 268 g/mol. The molecule has 0 N–H and O–H groups in total. The molecule has 20 heavy (non-hydrogen) atoms. The van der Waals surface area contributed by atoms with Crippen molar-refractivity contribution in [1.29, 1.82) is 0 Å². The molecule has 0 radical (unpaired) electrons. The standard InChI is InChI=1S/C16H16N2OS/c1-2-5-16-18-13(11-20-16)10-19-14-8-12-6-3-4-7-15(12)17-9-14/h3-4,6-9,11H,2,5,10H2,1H3. The van der Waals surface area contributed by atoms with Crippen LogP contribution >= 0.6 is 11.3 Å². The predicted octanol–water partition coefficient (Wildman–Crippen LogP) is 4.22. The minimum atomic E-state index is 0.500. The summed E-state index contributed by atoms with van der Waals surface area (Å²) in [5.74, 6) is 0.786. The Balaban J connectivity index is 1.69. The fourth-order valence-corrected chi connectivity index (χ4v) is 2.92. The van der Waals surface area contributed by atoms with Crippen LogP contribution in [0.15, 0.2) is 41.9 Å². The Morgan fingerprint density at radius 2 is 2.15 bits per heavy atom. The molecule has 0 atom stereocenters. The smallest absolute Gasteiger partial charge is 0.138 e. The summed E-state index contributed by atoms with van der Waals surface area (Å²) < 4.78 is 5.77. The Morgan fingerprint density at radius 1 is 1.25 bits per heavy atom. The highest BCUT2D eigenvalue weighted by molar-refractivity contribution is 7.09. The van der Waals surface area contributed by atoms with Crippen LogP contribution in [0.2, 0.25) is 0 Å². The average molecular weight is 284 g/mol. The first kappa shape index (κ1) is 13.1. The van der Waals surface area contributed by atoms with E-state index in [0.29, 0.717) is 6.61 Å². The average Bonchev–Trinajstić information content (AvgIpc) is 2.93. The Morgan fingerprint density at radius 3 is 3.05 bits per heavy atom. The second kappa shape index (κ2) is 6.01. The van der Waals surface area contributed by atoms with Crippen LogP contribution in [0, 0.1) is 0 Å². The van der Waals surface area contributed by atoms with Gasteiger partial charge in [-0.1, -0.05) is 25.1 Å². The number of nitrogens with zero attached hydrogens (tertiary/aromatic N) is 2. The highest BCUT2D eigenvalue weighted by atomic mass is 32.1. The first-order valence-electron chi connectivity index (χ1n) is 6.76. The molecule has 1 aromatic carbocycles. The summed E-state index contributed by atoms with van der Waals surface area (Å²) in [7, 11) is 0. The summed E-state index contributed by atoms with van der Waals surface area (Å²) >= 11 is 1.71. The molecule has 2 aromatic heterocycles. The van der Waals surface area contributed by atoms with Gasteiger partial charge in [0.05, 0.1) is 22.4 Å². The summed E-state index contributed by atoms with van der Waals surface area (Å²) in [5, 5.41) is 4.34. The van der Waals surface area contributed by atoms with E-state index in [2.05, 4.69) is 22.3 Å². The maximum Gasteiger partial charge on any atom is 0.138 e. The van der Waals surface area contributed by atoms with E-state index in [-0.39, 0.29) is 0 Å². The van der Waals surface area contributed by atoms with Gasteiger partial charge in [0.2, 0.25) is 0 Å². The zero-order valence-corrected chi connectivity index (χ0v) is 12.2. The normalized spacial score (nSPS) is 10.8. The number of pyridine rings is 1. The molecule has 0 aliphatic rings. The van der Waals surface area contributed by atoms with Crippen molar-refractivity contribution in [2.24, 2.45) is 0 Å². The van der Waals surface area contributed by atoms with Crippen LogP contribution in [0.1, 0.15) is 24.0 Å². The van der Waals surface area contributed by atoms with Gasteiger partial charge in [0.15, 0.2) is 0 Å². The van der Waals surface area contributed by atoms with Gasteiger partial charge in [-0.3, -0.25) is 4.98 Å².